The number of anilines is 1. The van der Waals surface area contributed by atoms with E-state index in [1.54, 1.807) is 6.07 Å². The third-order valence-corrected chi connectivity index (χ3v) is 4.93. The van der Waals surface area contributed by atoms with Crippen LogP contribution in [0.3, 0.4) is 0 Å². The molecule has 0 bridgehead atoms. The molecule has 0 radical (unpaired) electrons. The van der Waals surface area contributed by atoms with Gasteiger partial charge in [-0.15, -0.1) is 0 Å². The lowest BCUT2D eigenvalue weighted by atomic mass is 10.2. The van der Waals surface area contributed by atoms with E-state index in [0.29, 0.717) is 17.9 Å². The van der Waals surface area contributed by atoms with Crippen LogP contribution in [0.1, 0.15) is 39.0 Å². The maximum atomic E-state index is 12.2. The Morgan fingerprint density at radius 3 is 2.68 bits per heavy atom. The quantitative estimate of drug-likeness (QED) is 0.767. The topological polar surface area (TPSA) is 84.5 Å². The van der Waals surface area contributed by atoms with Crippen LogP contribution in [-0.4, -0.2) is 27.5 Å². The molecule has 1 aromatic rings. The molecule has 22 heavy (non-hydrogen) atoms. The number of hydrogen-bond donors (Lipinski definition) is 2. The minimum absolute atomic E-state index is 0.0368. The average molecular weight is 326 g/mol. The van der Waals surface area contributed by atoms with Crippen LogP contribution in [0.15, 0.2) is 23.1 Å². The largest absolute Gasteiger partial charge is 0.495 e. The molecule has 0 saturated heterocycles. The van der Waals surface area contributed by atoms with Gasteiger partial charge in [0.2, 0.25) is 15.9 Å². The first-order chi connectivity index (χ1) is 10.5. The maximum absolute atomic E-state index is 12.2. The number of rotatable bonds is 8. The number of carbonyl (C=O) groups excluding carboxylic acids is 1. The molecule has 1 saturated carbocycles. The van der Waals surface area contributed by atoms with Crippen LogP contribution >= 0.6 is 0 Å². The van der Waals surface area contributed by atoms with Crippen LogP contribution in [0.4, 0.5) is 5.69 Å². The fraction of sp³-hybridized carbons (Fsp3) is 0.533. The van der Waals surface area contributed by atoms with E-state index in [1.807, 2.05) is 6.92 Å². The summed E-state index contributed by atoms with van der Waals surface area (Å²) < 4.78 is 32.3. The molecule has 6 nitrogen and oxygen atoms in total. The molecular weight excluding hydrogens is 304 g/mol. The smallest absolute Gasteiger partial charge is 0.240 e. The molecule has 1 amide bonds. The van der Waals surface area contributed by atoms with Crippen molar-refractivity contribution in [2.45, 2.75) is 50.0 Å². The van der Waals surface area contributed by atoms with Crippen molar-refractivity contribution in [2.24, 2.45) is 0 Å². The van der Waals surface area contributed by atoms with E-state index in [9.17, 15) is 13.2 Å². The van der Waals surface area contributed by atoms with E-state index in [1.165, 1.54) is 19.2 Å². The predicted molar refractivity (Wildman–Crippen MR) is 84.5 cm³/mol. The Balaban J connectivity index is 2.19. The maximum Gasteiger partial charge on any atom is 0.240 e. The molecule has 0 aliphatic heterocycles. The molecule has 0 atom stereocenters. The molecule has 1 aromatic carbocycles. The molecule has 1 aliphatic carbocycles. The molecular formula is C15H22N2O4S. The van der Waals surface area contributed by atoms with Crippen molar-refractivity contribution in [3.05, 3.63) is 18.2 Å². The number of carbonyl (C=O) groups is 1. The van der Waals surface area contributed by atoms with Crippen LogP contribution in [0.5, 0.6) is 5.75 Å². The lowest BCUT2D eigenvalue weighted by Gasteiger charge is -2.12. The van der Waals surface area contributed by atoms with Gasteiger partial charge in [0.05, 0.1) is 17.7 Å². The van der Waals surface area contributed by atoms with Gasteiger partial charge in [0.1, 0.15) is 5.75 Å². The van der Waals surface area contributed by atoms with E-state index in [4.69, 9.17) is 4.74 Å². The average Bonchev–Trinajstić information content (AvgIpc) is 3.28. The SMILES string of the molecule is CCCCC(=O)Nc1cc(S(=O)(=O)NC2CC2)ccc1OC. The molecule has 1 aliphatic rings. The van der Waals surface area contributed by atoms with Gasteiger partial charge in [0.25, 0.3) is 0 Å². The van der Waals surface area contributed by atoms with Crippen LogP contribution in [0, 0.1) is 0 Å². The number of methoxy groups -OCH3 is 1. The van der Waals surface area contributed by atoms with Crippen LogP contribution in [0.2, 0.25) is 0 Å². The van der Waals surface area contributed by atoms with Gasteiger partial charge in [-0.1, -0.05) is 13.3 Å². The molecule has 2 rings (SSSR count). The van der Waals surface area contributed by atoms with E-state index >= 15 is 0 Å². The first-order valence-electron chi connectivity index (χ1n) is 7.46. The zero-order valence-electron chi connectivity index (χ0n) is 12.9. The minimum Gasteiger partial charge on any atom is -0.495 e. The van der Waals surface area contributed by atoms with E-state index < -0.39 is 10.0 Å². The van der Waals surface area contributed by atoms with Crippen LogP contribution in [-0.2, 0) is 14.8 Å². The van der Waals surface area contributed by atoms with Crippen molar-refractivity contribution in [3.8, 4) is 5.75 Å². The highest BCUT2D eigenvalue weighted by Crippen LogP contribution is 2.29. The summed E-state index contributed by atoms with van der Waals surface area (Å²) in [6.07, 6.45) is 3.85. The lowest BCUT2D eigenvalue weighted by molar-refractivity contribution is -0.116. The van der Waals surface area contributed by atoms with Crippen molar-refractivity contribution >= 4 is 21.6 Å². The Kier molecular flexibility index (Phi) is 5.42. The summed E-state index contributed by atoms with van der Waals surface area (Å²) in [4.78, 5) is 12.0. The molecule has 0 aromatic heterocycles. The van der Waals surface area contributed by atoms with E-state index in [0.717, 1.165) is 25.7 Å². The molecule has 122 valence electrons. The lowest BCUT2D eigenvalue weighted by Crippen LogP contribution is -2.25. The second kappa shape index (κ2) is 7.11. The summed E-state index contributed by atoms with van der Waals surface area (Å²) in [6.45, 7) is 2.00. The highest BCUT2D eigenvalue weighted by molar-refractivity contribution is 7.89. The van der Waals surface area contributed by atoms with Gasteiger partial charge in [0, 0.05) is 12.5 Å². The van der Waals surface area contributed by atoms with Crippen LogP contribution < -0.4 is 14.8 Å². The van der Waals surface area contributed by atoms with Crippen molar-refractivity contribution in [1.82, 2.24) is 4.72 Å². The monoisotopic (exact) mass is 326 g/mol. The highest BCUT2D eigenvalue weighted by Gasteiger charge is 2.28. The summed E-state index contributed by atoms with van der Waals surface area (Å²) in [5.41, 5.74) is 0.377. The zero-order valence-corrected chi connectivity index (χ0v) is 13.7. The number of nitrogens with one attached hydrogen (secondary N) is 2. The standard InChI is InChI=1S/C15H22N2O4S/c1-3-4-5-15(18)16-13-10-12(8-9-14(13)21-2)22(19,20)17-11-6-7-11/h8-11,17H,3-7H2,1-2H3,(H,16,18). The summed E-state index contributed by atoms with van der Waals surface area (Å²) >= 11 is 0. The molecule has 0 unspecified atom stereocenters. The first kappa shape index (κ1) is 16.8. The summed E-state index contributed by atoms with van der Waals surface area (Å²) in [6, 6.07) is 4.50. The van der Waals surface area contributed by atoms with Gasteiger partial charge in [-0.2, -0.15) is 0 Å². The second-order valence-electron chi connectivity index (χ2n) is 5.41. The first-order valence-corrected chi connectivity index (χ1v) is 8.95. The Morgan fingerprint density at radius 2 is 2.09 bits per heavy atom. The molecule has 2 N–H and O–H groups in total. The molecule has 1 fully saturated rings. The fourth-order valence-electron chi connectivity index (χ4n) is 1.99. The van der Waals surface area contributed by atoms with Gasteiger partial charge < -0.3 is 10.1 Å². The van der Waals surface area contributed by atoms with Gasteiger partial charge in [-0.05, 0) is 37.5 Å². The van der Waals surface area contributed by atoms with Crippen molar-refractivity contribution in [1.29, 1.82) is 0 Å². The van der Waals surface area contributed by atoms with Gasteiger partial charge in [-0.3, -0.25) is 4.79 Å². The second-order valence-corrected chi connectivity index (χ2v) is 7.12. The molecule has 0 heterocycles. The number of ether oxygens (including phenoxy) is 1. The Hall–Kier alpha value is -1.60. The van der Waals surface area contributed by atoms with E-state index in [-0.39, 0.29) is 16.8 Å². The number of hydrogen-bond acceptors (Lipinski definition) is 4. The van der Waals surface area contributed by atoms with E-state index in [2.05, 4.69) is 10.0 Å². The highest BCUT2D eigenvalue weighted by atomic mass is 32.2. The van der Waals surface area contributed by atoms with Crippen molar-refractivity contribution in [3.63, 3.8) is 0 Å². The summed E-state index contributed by atoms with van der Waals surface area (Å²) in [7, 11) is -2.07. The number of unbranched alkanes of at least 4 members (excludes halogenated alkanes) is 1. The summed E-state index contributed by atoms with van der Waals surface area (Å²) in [5, 5.41) is 2.72. The minimum atomic E-state index is -3.55. The van der Waals surface area contributed by atoms with Gasteiger partial charge >= 0.3 is 0 Å². The Bertz CT molecular complexity index is 639. The number of sulfonamides is 1. The normalized spacial score (nSPS) is 14.6. The molecule has 7 heteroatoms. The van der Waals surface area contributed by atoms with Crippen molar-refractivity contribution < 1.29 is 17.9 Å². The Morgan fingerprint density at radius 1 is 1.36 bits per heavy atom. The van der Waals surface area contributed by atoms with Crippen molar-refractivity contribution in [2.75, 3.05) is 12.4 Å². The Labute approximate surface area is 131 Å². The van der Waals surface area contributed by atoms with Gasteiger partial charge in [-0.25, -0.2) is 13.1 Å². The molecule has 0 spiro atoms. The van der Waals surface area contributed by atoms with Crippen LogP contribution in [0.25, 0.3) is 0 Å². The third kappa shape index (κ3) is 4.45. The number of amides is 1. The zero-order chi connectivity index (χ0) is 16.2. The fourth-order valence-corrected chi connectivity index (χ4v) is 3.32. The summed E-state index contributed by atoms with van der Waals surface area (Å²) in [5.74, 6) is 0.292. The number of benzene rings is 1. The predicted octanol–water partition coefficient (Wildman–Crippen LogP) is 2.26. The van der Waals surface area contributed by atoms with Gasteiger partial charge in [0.15, 0.2) is 0 Å². The third-order valence-electron chi connectivity index (χ3n) is 3.41.